The van der Waals surface area contributed by atoms with Crippen LogP contribution in [0.2, 0.25) is 0 Å². The van der Waals surface area contributed by atoms with E-state index in [0.29, 0.717) is 5.75 Å². The molecule has 0 spiro atoms. The van der Waals surface area contributed by atoms with Crippen molar-refractivity contribution in [2.75, 3.05) is 26.7 Å². The molecular weight excluding hydrogens is 272 g/mol. The molecule has 6 heteroatoms. The molecule has 6 nitrogen and oxygen atoms in total. The smallest absolute Gasteiger partial charge is 0.327 e. The van der Waals surface area contributed by atoms with Crippen LogP contribution in [0.15, 0.2) is 18.2 Å². The van der Waals surface area contributed by atoms with E-state index in [1.54, 1.807) is 7.05 Å². The zero-order chi connectivity index (χ0) is 15.6. The van der Waals surface area contributed by atoms with Gasteiger partial charge in [0.25, 0.3) is 0 Å². The van der Waals surface area contributed by atoms with E-state index in [-0.39, 0.29) is 31.6 Å². The van der Waals surface area contributed by atoms with E-state index in [4.69, 9.17) is 4.74 Å². The number of aliphatic hydroxyl groups excluding tert-OH is 1. The first-order valence-electron chi connectivity index (χ1n) is 6.82. The molecule has 0 unspecified atom stereocenters. The number of likely N-dealkylation sites (N-methyl/N-ethyl adjacent to an activating group) is 1. The summed E-state index contributed by atoms with van der Waals surface area (Å²) in [7, 11) is 1.55. The molecular formula is C15H20N2O4. The maximum Gasteiger partial charge on any atom is 0.327 e. The second kappa shape index (κ2) is 6.13. The second-order valence-electron chi connectivity index (χ2n) is 5.38. The van der Waals surface area contributed by atoms with E-state index in [2.05, 4.69) is 0 Å². The molecule has 1 aliphatic heterocycles. The van der Waals surface area contributed by atoms with Crippen molar-refractivity contribution in [1.82, 2.24) is 9.80 Å². The molecule has 0 saturated carbocycles. The number of carbonyl (C=O) groups excluding carboxylic acids is 2. The first-order chi connectivity index (χ1) is 9.88. The molecule has 1 aliphatic rings. The molecule has 114 valence electrons. The summed E-state index contributed by atoms with van der Waals surface area (Å²) >= 11 is 0. The molecule has 0 bridgehead atoms. The Morgan fingerprint density at radius 3 is 2.67 bits per heavy atom. The third-order valence-corrected chi connectivity index (χ3v) is 3.40. The standard InChI is InChI=1S/C15H20N2O4/c1-10-4-5-11(2)13(6-10)21-9-12(18)7-17-14(19)8-16(3)15(17)20/h4-6,12,18H,7-9H2,1-3H3/t12-/m1/s1. The van der Waals surface area contributed by atoms with Crippen LogP contribution in [-0.2, 0) is 4.79 Å². The van der Waals surface area contributed by atoms with Crippen molar-refractivity contribution in [3.05, 3.63) is 29.3 Å². The largest absolute Gasteiger partial charge is 0.491 e. The number of β-amino-alcohol motifs (C(OH)–C–C–N with tert-alkyl or cyclic N) is 1. The van der Waals surface area contributed by atoms with Crippen LogP contribution in [0.4, 0.5) is 4.79 Å². The molecule has 1 N–H and O–H groups in total. The van der Waals surface area contributed by atoms with Crippen molar-refractivity contribution < 1.29 is 19.4 Å². The molecule has 0 aromatic heterocycles. The van der Waals surface area contributed by atoms with Crippen LogP contribution in [-0.4, -0.2) is 59.7 Å². The summed E-state index contributed by atoms with van der Waals surface area (Å²) in [5.74, 6) is 0.401. The van der Waals surface area contributed by atoms with Crippen LogP contribution in [0, 0.1) is 13.8 Å². The van der Waals surface area contributed by atoms with Crippen molar-refractivity contribution in [2.45, 2.75) is 20.0 Å². The normalized spacial score (nSPS) is 16.6. The van der Waals surface area contributed by atoms with E-state index < -0.39 is 6.10 Å². The van der Waals surface area contributed by atoms with Gasteiger partial charge in [0.05, 0.1) is 6.54 Å². The average molecular weight is 292 g/mol. The van der Waals surface area contributed by atoms with Crippen molar-refractivity contribution in [3.8, 4) is 5.75 Å². The van der Waals surface area contributed by atoms with Crippen molar-refractivity contribution in [1.29, 1.82) is 0 Å². The first kappa shape index (κ1) is 15.3. The van der Waals surface area contributed by atoms with Gasteiger partial charge in [0.15, 0.2) is 0 Å². The molecule has 1 aromatic carbocycles. The summed E-state index contributed by atoms with van der Waals surface area (Å²) in [6.07, 6.45) is -0.913. The van der Waals surface area contributed by atoms with Gasteiger partial charge in [0, 0.05) is 7.05 Å². The highest BCUT2D eigenvalue weighted by Crippen LogP contribution is 2.19. The van der Waals surface area contributed by atoms with Gasteiger partial charge in [-0.25, -0.2) is 4.79 Å². The quantitative estimate of drug-likeness (QED) is 0.820. The molecule has 3 amide bonds. The van der Waals surface area contributed by atoms with Gasteiger partial charge in [-0.05, 0) is 31.0 Å². The molecule has 1 aromatic rings. The van der Waals surface area contributed by atoms with E-state index >= 15 is 0 Å². The van der Waals surface area contributed by atoms with Gasteiger partial charge in [-0.3, -0.25) is 9.69 Å². The lowest BCUT2D eigenvalue weighted by molar-refractivity contribution is -0.126. The number of ether oxygens (including phenoxy) is 1. The fourth-order valence-corrected chi connectivity index (χ4v) is 2.16. The minimum Gasteiger partial charge on any atom is -0.491 e. The molecule has 21 heavy (non-hydrogen) atoms. The summed E-state index contributed by atoms with van der Waals surface area (Å²) in [5, 5.41) is 9.96. The van der Waals surface area contributed by atoms with Crippen LogP contribution in [0.25, 0.3) is 0 Å². The fraction of sp³-hybridized carbons (Fsp3) is 0.467. The lowest BCUT2D eigenvalue weighted by Gasteiger charge is -2.19. The maximum atomic E-state index is 11.7. The number of amides is 3. The number of benzene rings is 1. The molecule has 2 rings (SSSR count). The molecule has 1 fully saturated rings. The summed E-state index contributed by atoms with van der Waals surface area (Å²) in [4.78, 5) is 25.7. The molecule has 0 aliphatic carbocycles. The third kappa shape index (κ3) is 3.52. The van der Waals surface area contributed by atoms with E-state index in [9.17, 15) is 14.7 Å². The number of imide groups is 1. The number of urea groups is 1. The van der Waals surface area contributed by atoms with Gasteiger partial charge >= 0.3 is 6.03 Å². The summed E-state index contributed by atoms with van der Waals surface area (Å²) < 4.78 is 5.57. The molecule has 1 heterocycles. The molecule has 0 radical (unpaired) electrons. The Kier molecular flexibility index (Phi) is 4.47. The predicted molar refractivity (Wildman–Crippen MR) is 77.2 cm³/mol. The first-order valence-corrected chi connectivity index (χ1v) is 6.82. The second-order valence-corrected chi connectivity index (χ2v) is 5.38. The topological polar surface area (TPSA) is 70.1 Å². The molecule has 1 atom stereocenters. The van der Waals surface area contributed by atoms with Crippen molar-refractivity contribution in [2.24, 2.45) is 0 Å². The number of nitrogens with zero attached hydrogens (tertiary/aromatic N) is 2. The number of carbonyl (C=O) groups is 2. The Labute approximate surface area is 123 Å². The van der Waals surface area contributed by atoms with Gasteiger partial charge in [-0.2, -0.15) is 0 Å². The van der Waals surface area contributed by atoms with Gasteiger partial charge in [-0.1, -0.05) is 12.1 Å². The molecule has 1 saturated heterocycles. The van der Waals surface area contributed by atoms with Crippen molar-refractivity contribution in [3.63, 3.8) is 0 Å². The predicted octanol–water partition coefficient (Wildman–Crippen LogP) is 0.937. The van der Waals surface area contributed by atoms with Crippen LogP contribution in [0.3, 0.4) is 0 Å². The lowest BCUT2D eigenvalue weighted by atomic mass is 10.1. The van der Waals surface area contributed by atoms with E-state index in [0.717, 1.165) is 16.0 Å². The highest BCUT2D eigenvalue weighted by Gasteiger charge is 2.34. The zero-order valence-corrected chi connectivity index (χ0v) is 12.5. The number of rotatable bonds is 5. The van der Waals surface area contributed by atoms with Crippen LogP contribution < -0.4 is 4.74 Å². The average Bonchev–Trinajstić information content (AvgIpc) is 2.66. The summed E-state index contributed by atoms with van der Waals surface area (Å²) in [6, 6.07) is 5.43. The Morgan fingerprint density at radius 1 is 1.33 bits per heavy atom. The maximum absolute atomic E-state index is 11.7. The Hall–Kier alpha value is -2.08. The highest BCUT2D eigenvalue weighted by molar-refractivity contribution is 6.01. The summed E-state index contributed by atoms with van der Waals surface area (Å²) in [6.45, 7) is 3.92. The Balaban J connectivity index is 1.90. The minimum atomic E-state index is -0.913. The summed E-state index contributed by atoms with van der Waals surface area (Å²) in [5.41, 5.74) is 2.04. The third-order valence-electron chi connectivity index (χ3n) is 3.40. The number of hydrogen-bond donors (Lipinski definition) is 1. The van der Waals surface area contributed by atoms with Gasteiger partial charge < -0.3 is 14.7 Å². The van der Waals surface area contributed by atoms with E-state index in [1.165, 1.54) is 4.90 Å². The monoisotopic (exact) mass is 292 g/mol. The fourth-order valence-electron chi connectivity index (χ4n) is 2.16. The number of aliphatic hydroxyl groups is 1. The zero-order valence-electron chi connectivity index (χ0n) is 12.5. The Bertz CT molecular complexity index is 559. The number of aryl methyl sites for hydroxylation is 2. The van der Waals surface area contributed by atoms with Crippen LogP contribution in [0.1, 0.15) is 11.1 Å². The SMILES string of the molecule is Cc1ccc(C)c(OC[C@H](O)CN2C(=O)CN(C)C2=O)c1. The minimum absolute atomic E-state index is 0.0328. The highest BCUT2D eigenvalue weighted by atomic mass is 16.5. The van der Waals surface area contributed by atoms with Crippen molar-refractivity contribution >= 4 is 11.9 Å². The van der Waals surface area contributed by atoms with Crippen LogP contribution >= 0.6 is 0 Å². The van der Waals surface area contributed by atoms with Crippen LogP contribution in [0.5, 0.6) is 5.75 Å². The Morgan fingerprint density at radius 2 is 2.05 bits per heavy atom. The number of hydrogen-bond acceptors (Lipinski definition) is 4. The van der Waals surface area contributed by atoms with E-state index in [1.807, 2.05) is 32.0 Å². The van der Waals surface area contributed by atoms with Gasteiger partial charge in [0.1, 0.15) is 25.0 Å². The lowest BCUT2D eigenvalue weighted by Crippen LogP contribution is -2.40. The van der Waals surface area contributed by atoms with Gasteiger partial charge in [0.2, 0.25) is 5.91 Å². The van der Waals surface area contributed by atoms with Gasteiger partial charge in [-0.15, -0.1) is 0 Å².